The van der Waals surface area contributed by atoms with Gasteiger partial charge in [-0.15, -0.1) is 0 Å². The Balaban J connectivity index is 1.54. The number of carbonyl (C=O) groups excluding carboxylic acids is 2. The van der Waals surface area contributed by atoms with Gasteiger partial charge < -0.3 is 29.5 Å². The number of esters is 1. The third kappa shape index (κ3) is 5.19. The second-order valence-electron chi connectivity index (χ2n) is 6.68. The second kappa shape index (κ2) is 9.17. The highest BCUT2D eigenvalue weighted by Gasteiger charge is 2.18. The average molecular weight is 413 g/mol. The van der Waals surface area contributed by atoms with E-state index in [0.29, 0.717) is 34.6 Å². The highest BCUT2D eigenvalue weighted by atomic mass is 16.5. The van der Waals surface area contributed by atoms with Crippen molar-refractivity contribution >= 4 is 28.6 Å². The van der Waals surface area contributed by atoms with Crippen LogP contribution in [-0.2, 0) is 20.7 Å². The lowest BCUT2D eigenvalue weighted by Gasteiger charge is -2.14. The standard InChI is InChI=1S/C21H23N3O6/c1-12(20(26)22-14-5-6-17-18(10-14)24-21(27)23-17)30-19(25)7-4-13-8-15(28-2)11-16(9-13)29-3/h5-6,8-12H,4,7H2,1-3H3,(H,22,26)(H2,23,24,27)/t12-/m1/s1. The van der Waals surface area contributed by atoms with Gasteiger partial charge in [0.1, 0.15) is 11.5 Å². The van der Waals surface area contributed by atoms with Gasteiger partial charge in [-0.1, -0.05) is 0 Å². The van der Waals surface area contributed by atoms with Gasteiger partial charge in [-0.2, -0.15) is 0 Å². The number of benzene rings is 2. The van der Waals surface area contributed by atoms with Crippen molar-refractivity contribution in [1.82, 2.24) is 9.97 Å². The number of amides is 1. The topological polar surface area (TPSA) is 123 Å². The summed E-state index contributed by atoms with van der Waals surface area (Å²) in [5, 5.41) is 2.67. The van der Waals surface area contributed by atoms with Gasteiger partial charge in [0, 0.05) is 18.2 Å². The van der Waals surface area contributed by atoms with Gasteiger partial charge in [0.05, 0.1) is 25.3 Å². The molecule has 0 saturated carbocycles. The minimum Gasteiger partial charge on any atom is -0.497 e. The molecule has 0 unspecified atom stereocenters. The van der Waals surface area contributed by atoms with Crippen LogP contribution >= 0.6 is 0 Å². The largest absolute Gasteiger partial charge is 0.497 e. The third-order valence-electron chi connectivity index (χ3n) is 4.49. The molecule has 9 heteroatoms. The van der Waals surface area contributed by atoms with Crippen molar-refractivity contribution in [3.8, 4) is 11.5 Å². The molecule has 0 radical (unpaired) electrons. The number of aromatic nitrogens is 2. The molecule has 1 atom stereocenters. The van der Waals surface area contributed by atoms with Gasteiger partial charge in [-0.3, -0.25) is 9.59 Å². The predicted molar refractivity (Wildman–Crippen MR) is 111 cm³/mol. The maximum Gasteiger partial charge on any atom is 0.323 e. The number of methoxy groups -OCH3 is 2. The van der Waals surface area contributed by atoms with Crippen LogP contribution in [0.2, 0.25) is 0 Å². The van der Waals surface area contributed by atoms with Gasteiger partial charge in [-0.25, -0.2) is 4.79 Å². The van der Waals surface area contributed by atoms with E-state index in [1.54, 1.807) is 38.5 Å². The highest BCUT2D eigenvalue weighted by Crippen LogP contribution is 2.23. The van der Waals surface area contributed by atoms with E-state index in [1.807, 2.05) is 12.1 Å². The van der Waals surface area contributed by atoms with E-state index in [-0.39, 0.29) is 12.1 Å². The molecule has 0 saturated heterocycles. The maximum absolute atomic E-state index is 12.3. The summed E-state index contributed by atoms with van der Waals surface area (Å²) in [5.41, 5.74) is 2.20. The highest BCUT2D eigenvalue weighted by molar-refractivity contribution is 5.96. The predicted octanol–water partition coefficient (Wildman–Crippen LogP) is 2.38. The number of rotatable bonds is 8. The van der Waals surface area contributed by atoms with E-state index >= 15 is 0 Å². The van der Waals surface area contributed by atoms with Crippen LogP contribution in [0.4, 0.5) is 5.69 Å². The lowest BCUT2D eigenvalue weighted by atomic mass is 10.1. The van der Waals surface area contributed by atoms with Crippen molar-refractivity contribution in [3.63, 3.8) is 0 Å². The summed E-state index contributed by atoms with van der Waals surface area (Å²) in [6.45, 7) is 1.50. The van der Waals surface area contributed by atoms with Crippen LogP contribution in [-0.4, -0.2) is 42.2 Å². The molecule has 1 heterocycles. The fourth-order valence-electron chi connectivity index (χ4n) is 2.92. The van der Waals surface area contributed by atoms with E-state index in [1.165, 1.54) is 6.92 Å². The Hall–Kier alpha value is -3.75. The van der Waals surface area contributed by atoms with E-state index in [0.717, 1.165) is 5.56 Å². The molecule has 9 nitrogen and oxygen atoms in total. The summed E-state index contributed by atoms with van der Waals surface area (Å²) in [6.07, 6.45) is -0.457. The molecule has 1 aromatic heterocycles. The monoisotopic (exact) mass is 413 g/mol. The average Bonchev–Trinajstić information content (AvgIpc) is 3.11. The Morgan fingerprint density at radius 1 is 1.00 bits per heavy atom. The number of hydrogen-bond acceptors (Lipinski definition) is 6. The number of carbonyl (C=O) groups is 2. The van der Waals surface area contributed by atoms with Gasteiger partial charge in [0.2, 0.25) is 0 Å². The Bertz CT molecular complexity index is 1100. The molecule has 158 valence electrons. The first-order valence-corrected chi connectivity index (χ1v) is 9.32. The van der Waals surface area contributed by atoms with Crippen LogP contribution in [0.15, 0.2) is 41.2 Å². The number of ether oxygens (including phenoxy) is 3. The summed E-state index contributed by atoms with van der Waals surface area (Å²) >= 11 is 0. The number of anilines is 1. The molecule has 30 heavy (non-hydrogen) atoms. The van der Waals surface area contributed by atoms with Crippen LogP contribution in [0.1, 0.15) is 18.9 Å². The van der Waals surface area contributed by atoms with Gasteiger partial charge in [0.25, 0.3) is 5.91 Å². The van der Waals surface area contributed by atoms with Crippen LogP contribution in [0.5, 0.6) is 11.5 Å². The molecule has 0 spiro atoms. The fourth-order valence-corrected chi connectivity index (χ4v) is 2.92. The molecule has 2 aromatic carbocycles. The molecule has 0 bridgehead atoms. The zero-order chi connectivity index (χ0) is 21.7. The summed E-state index contributed by atoms with van der Waals surface area (Å²) in [7, 11) is 3.11. The van der Waals surface area contributed by atoms with E-state index in [9.17, 15) is 14.4 Å². The SMILES string of the molecule is COc1cc(CCC(=O)O[C@H](C)C(=O)Nc2ccc3[nH]c(=O)[nH]c3c2)cc(OC)c1. The molecule has 3 rings (SSSR count). The van der Waals surface area contributed by atoms with Crippen molar-refractivity contribution in [3.05, 3.63) is 52.4 Å². The molecule has 3 aromatic rings. The third-order valence-corrected chi connectivity index (χ3v) is 4.49. The normalized spacial score (nSPS) is 11.7. The van der Waals surface area contributed by atoms with Crippen molar-refractivity contribution < 1.29 is 23.8 Å². The van der Waals surface area contributed by atoms with E-state index in [2.05, 4.69) is 15.3 Å². The second-order valence-corrected chi connectivity index (χ2v) is 6.68. The minimum absolute atomic E-state index is 0.102. The van der Waals surface area contributed by atoms with Gasteiger partial charge in [0.15, 0.2) is 6.10 Å². The zero-order valence-electron chi connectivity index (χ0n) is 16.9. The Morgan fingerprint density at radius 2 is 1.67 bits per heavy atom. The first-order valence-electron chi connectivity index (χ1n) is 9.32. The van der Waals surface area contributed by atoms with Gasteiger partial charge in [-0.05, 0) is 49.2 Å². The number of fused-ring (bicyclic) bond motifs is 1. The van der Waals surface area contributed by atoms with Crippen molar-refractivity contribution in [2.45, 2.75) is 25.9 Å². The number of aromatic amines is 2. The molecule has 0 aliphatic heterocycles. The molecule has 0 fully saturated rings. The van der Waals surface area contributed by atoms with Crippen molar-refractivity contribution in [2.24, 2.45) is 0 Å². The first-order chi connectivity index (χ1) is 14.4. The summed E-state index contributed by atoms with van der Waals surface area (Å²) in [4.78, 5) is 41.0. The lowest BCUT2D eigenvalue weighted by Crippen LogP contribution is -2.30. The Labute approximate surface area is 172 Å². The first kappa shape index (κ1) is 21.0. The zero-order valence-corrected chi connectivity index (χ0v) is 16.9. The Morgan fingerprint density at radius 3 is 2.33 bits per heavy atom. The van der Waals surface area contributed by atoms with Crippen LogP contribution in [0, 0.1) is 0 Å². The molecular formula is C21H23N3O6. The summed E-state index contributed by atoms with van der Waals surface area (Å²) in [6, 6.07) is 10.3. The molecule has 0 aliphatic carbocycles. The van der Waals surface area contributed by atoms with Crippen LogP contribution in [0.3, 0.4) is 0 Å². The molecule has 1 amide bonds. The van der Waals surface area contributed by atoms with Gasteiger partial charge >= 0.3 is 11.7 Å². The number of nitrogens with one attached hydrogen (secondary N) is 3. The molecule has 3 N–H and O–H groups in total. The van der Waals surface area contributed by atoms with Crippen molar-refractivity contribution in [2.75, 3.05) is 19.5 Å². The maximum atomic E-state index is 12.3. The smallest absolute Gasteiger partial charge is 0.323 e. The Kier molecular flexibility index (Phi) is 6.41. The molecular weight excluding hydrogens is 390 g/mol. The van der Waals surface area contributed by atoms with E-state index < -0.39 is 18.0 Å². The van der Waals surface area contributed by atoms with Crippen LogP contribution in [0.25, 0.3) is 11.0 Å². The quantitative estimate of drug-likeness (QED) is 0.487. The number of aryl methyl sites for hydroxylation is 1. The van der Waals surface area contributed by atoms with Crippen molar-refractivity contribution in [1.29, 1.82) is 0 Å². The number of imidazole rings is 1. The minimum atomic E-state index is -0.974. The van der Waals surface area contributed by atoms with Crippen LogP contribution < -0.4 is 20.5 Å². The summed E-state index contributed by atoms with van der Waals surface area (Å²) < 4.78 is 15.7. The number of hydrogen-bond donors (Lipinski definition) is 3. The fraction of sp³-hybridized carbons (Fsp3) is 0.286. The number of H-pyrrole nitrogens is 2. The van der Waals surface area contributed by atoms with E-state index in [4.69, 9.17) is 14.2 Å². The lowest BCUT2D eigenvalue weighted by molar-refractivity contribution is -0.153. The molecule has 0 aliphatic rings. The summed E-state index contributed by atoms with van der Waals surface area (Å²) in [5.74, 6) is 0.297.